The van der Waals surface area contributed by atoms with Crippen molar-refractivity contribution in [1.82, 2.24) is 34.8 Å². The second-order valence-electron chi connectivity index (χ2n) is 16.0. The van der Waals surface area contributed by atoms with Crippen LogP contribution in [-0.4, -0.2) is 121 Å². The number of hydrogen-bond donors (Lipinski definition) is 4. The molecule has 0 aromatic heterocycles. The molecule has 0 aromatic rings. The van der Waals surface area contributed by atoms with Crippen molar-refractivity contribution in [2.24, 2.45) is 22.7 Å². The minimum atomic E-state index is -3.75. The smallest absolute Gasteiger partial charge is 0.315 e. The lowest BCUT2D eigenvalue weighted by molar-refractivity contribution is -0.144. The molecule has 5 amide bonds. The molecule has 286 valence electrons. The number of carbonyl (C=O) groups is 5. The van der Waals surface area contributed by atoms with Crippen LogP contribution in [0.15, 0.2) is 12.7 Å². The quantitative estimate of drug-likeness (QED) is 0.106. The molecule has 0 spiro atoms. The van der Waals surface area contributed by atoms with Crippen LogP contribution in [0.2, 0.25) is 0 Å². The molecule has 0 bridgehead atoms. The molecule has 50 heavy (non-hydrogen) atoms. The van der Waals surface area contributed by atoms with Gasteiger partial charge in [0.25, 0.3) is 21.9 Å². The highest BCUT2D eigenvalue weighted by molar-refractivity contribution is 8.01. The van der Waals surface area contributed by atoms with E-state index in [2.05, 4.69) is 27.8 Å². The average Bonchev–Trinajstić information content (AvgIpc) is 3.43. The van der Waals surface area contributed by atoms with Crippen molar-refractivity contribution in [3.05, 3.63) is 12.7 Å². The van der Waals surface area contributed by atoms with Gasteiger partial charge in [0.1, 0.15) is 17.5 Å². The highest BCUT2D eigenvalue weighted by atomic mass is 32.2. The number of nitrogens with zero attached hydrogens (tertiary/aromatic N) is 3. The standard InChI is InChI=1S/C34H61N7O7S2/c1-13-18-35-29(44)26(42)30(49-22-15-14-16-22)38-28(43)25-23(21(2)3)17-19-41(25)31(45)27(34(7,8)9)37-32(46)36-24(33(4,5)6)20-40(12)50(47,48)39(10)11/h13,21-25,27,30H,1,14-20H2,2-12H3,(H,35,44)(H,38,43)(H2,36,37,46)/t23-,24-,25+,27-,30?/m1/s1. The van der Waals surface area contributed by atoms with Gasteiger partial charge in [0.2, 0.25) is 11.8 Å². The Balaban J connectivity index is 2.36. The summed E-state index contributed by atoms with van der Waals surface area (Å²) >= 11 is 1.26. The van der Waals surface area contributed by atoms with Crippen molar-refractivity contribution in [1.29, 1.82) is 0 Å². The van der Waals surface area contributed by atoms with E-state index in [1.165, 1.54) is 48.2 Å². The fourth-order valence-corrected chi connectivity index (χ4v) is 8.16. The molecular formula is C34H61N7O7S2. The topological polar surface area (TPSA) is 177 Å². The molecule has 1 saturated heterocycles. The largest absolute Gasteiger partial charge is 0.346 e. The molecule has 0 radical (unpaired) electrons. The fraction of sp³-hybridized carbons (Fsp3) is 0.794. The van der Waals surface area contributed by atoms with Gasteiger partial charge in [0.15, 0.2) is 0 Å². The van der Waals surface area contributed by atoms with Crippen molar-refractivity contribution in [3.63, 3.8) is 0 Å². The molecule has 14 nitrogen and oxygen atoms in total. The third-order valence-electron chi connectivity index (χ3n) is 9.41. The zero-order valence-electron chi connectivity index (χ0n) is 31.8. The normalized spacial score (nSPS) is 20.6. The van der Waals surface area contributed by atoms with Crippen LogP contribution in [0.25, 0.3) is 0 Å². The minimum Gasteiger partial charge on any atom is -0.346 e. The van der Waals surface area contributed by atoms with E-state index >= 15 is 0 Å². The second kappa shape index (κ2) is 17.7. The third-order valence-corrected chi connectivity index (χ3v) is 12.7. The number of urea groups is 1. The maximum atomic E-state index is 14.4. The Bertz CT molecular complexity index is 1350. The predicted molar refractivity (Wildman–Crippen MR) is 197 cm³/mol. The zero-order valence-corrected chi connectivity index (χ0v) is 33.4. The Labute approximate surface area is 303 Å². The van der Waals surface area contributed by atoms with Gasteiger partial charge in [-0.3, -0.25) is 19.2 Å². The zero-order chi connectivity index (χ0) is 38.4. The summed E-state index contributed by atoms with van der Waals surface area (Å²) in [4.78, 5) is 69.5. The van der Waals surface area contributed by atoms with Crippen molar-refractivity contribution in [2.75, 3.05) is 40.8 Å². The van der Waals surface area contributed by atoms with Gasteiger partial charge in [-0.25, -0.2) is 4.79 Å². The summed E-state index contributed by atoms with van der Waals surface area (Å²) in [6, 6.07) is -3.26. The summed E-state index contributed by atoms with van der Waals surface area (Å²) < 4.78 is 27.7. The Morgan fingerprint density at radius 2 is 1.54 bits per heavy atom. The number of ketones is 1. The molecule has 1 aliphatic heterocycles. The predicted octanol–water partition coefficient (Wildman–Crippen LogP) is 2.33. The summed E-state index contributed by atoms with van der Waals surface area (Å²) in [6.07, 6.45) is 4.76. The van der Waals surface area contributed by atoms with Gasteiger partial charge in [0, 0.05) is 52.1 Å². The van der Waals surface area contributed by atoms with Gasteiger partial charge in [0.05, 0.1) is 0 Å². The minimum absolute atomic E-state index is 0.0135. The van der Waals surface area contributed by atoms with Crippen LogP contribution in [0.4, 0.5) is 4.79 Å². The molecule has 1 heterocycles. The Morgan fingerprint density at radius 3 is 2.00 bits per heavy atom. The summed E-state index contributed by atoms with van der Waals surface area (Å²) in [5.74, 6) is -2.77. The van der Waals surface area contributed by atoms with Gasteiger partial charge in [-0.15, -0.1) is 18.3 Å². The van der Waals surface area contributed by atoms with E-state index in [0.29, 0.717) is 6.42 Å². The first-order chi connectivity index (χ1) is 22.9. The average molecular weight is 744 g/mol. The van der Waals surface area contributed by atoms with Crippen molar-refractivity contribution in [2.45, 2.75) is 110 Å². The number of likely N-dealkylation sites (tertiary alicyclic amines) is 1. The first-order valence-corrected chi connectivity index (χ1v) is 19.7. The number of carbonyl (C=O) groups excluding carboxylic acids is 5. The molecule has 16 heteroatoms. The highest BCUT2D eigenvalue weighted by Crippen LogP contribution is 2.36. The monoisotopic (exact) mass is 743 g/mol. The molecule has 2 rings (SSSR count). The van der Waals surface area contributed by atoms with E-state index < -0.39 is 74.1 Å². The molecule has 1 unspecified atom stereocenters. The summed E-state index contributed by atoms with van der Waals surface area (Å²) in [5, 5.41) is 10.1. The first kappa shape index (κ1) is 43.5. The van der Waals surface area contributed by atoms with E-state index in [1.54, 1.807) is 0 Å². The Hall–Kier alpha value is -2.69. The van der Waals surface area contributed by atoms with Crippen molar-refractivity contribution < 1.29 is 32.4 Å². The lowest BCUT2D eigenvalue weighted by Crippen LogP contribution is -2.62. The maximum absolute atomic E-state index is 14.4. The summed E-state index contributed by atoms with van der Waals surface area (Å²) in [5.41, 5.74) is -1.33. The van der Waals surface area contributed by atoms with Crippen LogP contribution in [0.3, 0.4) is 0 Å². The maximum Gasteiger partial charge on any atom is 0.315 e. The van der Waals surface area contributed by atoms with Gasteiger partial charge < -0.3 is 26.2 Å². The van der Waals surface area contributed by atoms with Crippen LogP contribution >= 0.6 is 11.8 Å². The van der Waals surface area contributed by atoms with E-state index in [1.807, 2.05) is 55.4 Å². The summed E-state index contributed by atoms with van der Waals surface area (Å²) in [7, 11) is 0.554. The Morgan fingerprint density at radius 1 is 0.940 bits per heavy atom. The van der Waals surface area contributed by atoms with Crippen LogP contribution in [0.1, 0.15) is 81.1 Å². The van der Waals surface area contributed by atoms with Gasteiger partial charge >= 0.3 is 6.03 Å². The molecule has 1 aliphatic carbocycles. The second-order valence-corrected chi connectivity index (χ2v) is 19.7. The van der Waals surface area contributed by atoms with Crippen LogP contribution in [0.5, 0.6) is 0 Å². The van der Waals surface area contributed by atoms with E-state index in [0.717, 1.165) is 23.6 Å². The number of rotatable bonds is 16. The Kier molecular flexibility index (Phi) is 15.4. The molecule has 0 aromatic carbocycles. The molecule has 1 saturated carbocycles. The van der Waals surface area contributed by atoms with E-state index in [9.17, 15) is 32.4 Å². The fourth-order valence-electron chi connectivity index (χ4n) is 5.86. The van der Waals surface area contributed by atoms with Gasteiger partial charge in [-0.1, -0.05) is 67.9 Å². The number of thioether (sulfide) groups is 1. The van der Waals surface area contributed by atoms with Crippen LogP contribution < -0.4 is 21.3 Å². The lowest BCUT2D eigenvalue weighted by Gasteiger charge is -2.38. The molecule has 2 aliphatic rings. The summed E-state index contributed by atoms with van der Waals surface area (Å²) in [6.45, 7) is 18.9. The van der Waals surface area contributed by atoms with E-state index in [4.69, 9.17) is 0 Å². The van der Waals surface area contributed by atoms with E-state index in [-0.39, 0.29) is 36.7 Å². The number of amides is 5. The lowest BCUT2D eigenvalue weighted by atomic mass is 9.84. The number of Topliss-reactive ketones (excluding diaryl/α,β-unsaturated/α-hetero) is 1. The molecule has 2 fully saturated rings. The van der Waals surface area contributed by atoms with Crippen LogP contribution in [-0.2, 0) is 29.4 Å². The first-order valence-electron chi connectivity index (χ1n) is 17.3. The van der Waals surface area contributed by atoms with Crippen molar-refractivity contribution >= 4 is 51.5 Å². The number of hydrogen-bond acceptors (Lipinski definition) is 8. The highest BCUT2D eigenvalue weighted by Gasteiger charge is 2.48. The number of likely N-dealkylation sites (N-methyl/N-ethyl adjacent to an activating group) is 1. The van der Waals surface area contributed by atoms with Crippen LogP contribution in [0, 0.1) is 22.7 Å². The van der Waals surface area contributed by atoms with Crippen molar-refractivity contribution in [3.8, 4) is 0 Å². The molecular weight excluding hydrogens is 683 g/mol. The van der Waals surface area contributed by atoms with Gasteiger partial charge in [-0.05, 0) is 41.9 Å². The third kappa shape index (κ3) is 11.4. The SMILES string of the molecule is C=CCNC(=O)C(=O)C(NC(=O)[C@@H]1[C@@H](C(C)C)CCN1C(=O)[C@@H](NC(=O)N[C@H](CN(C)S(=O)(=O)N(C)C)C(C)(C)C)C(C)(C)C)SC1CCC1. The number of nitrogens with one attached hydrogen (secondary N) is 4. The molecule has 5 atom stereocenters. The van der Waals surface area contributed by atoms with Gasteiger partial charge in [-0.2, -0.15) is 17.0 Å². The molecule has 4 N–H and O–H groups in total.